The van der Waals surface area contributed by atoms with E-state index in [4.69, 9.17) is 0 Å². The predicted octanol–water partition coefficient (Wildman–Crippen LogP) is 2.55. The first-order chi connectivity index (χ1) is 11.3. The topological polar surface area (TPSA) is 87.1 Å². The second-order valence-corrected chi connectivity index (χ2v) is 7.09. The number of fused-ring (bicyclic) bond motifs is 1. The summed E-state index contributed by atoms with van der Waals surface area (Å²) in [6.07, 6.45) is 3.11. The first kappa shape index (κ1) is 16.4. The van der Waals surface area contributed by atoms with E-state index in [0.29, 0.717) is 17.9 Å². The largest absolute Gasteiger partial charge is 0.390 e. The first-order valence-corrected chi connectivity index (χ1v) is 8.00. The van der Waals surface area contributed by atoms with Gasteiger partial charge in [0.2, 0.25) is 0 Å². The van der Waals surface area contributed by atoms with Gasteiger partial charge in [-0.3, -0.25) is 0 Å². The number of aromatic nitrogens is 2. The van der Waals surface area contributed by atoms with Crippen molar-refractivity contribution >= 4 is 11.7 Å². The number of nitrogens with one attached hydrogen (secondary N) is 2. The van der Waals surface area contributed by atoms with Crippen LogP contribution in [0.5, 0.6) is 0 Å². The molecular weight excluding hydrogens is 304 g/mol. The molecule has 3 rings (SSSR count). The molecule has 0 bridgehead atoms. The Morgan fingerprint density at radius 1 is 1.21 bits per heavy atom. The van der Waals surface area contributed by atoms with Gasteiger partial charge in [-0.25, -0.2) is 14.8 Å². The smallest absolute Gasteiger partial charge is 0.319 e. The Morgan fingerprint density at radius 2 is 1.88 bits per heavy atom. The third-order valence-corrected chi connectivity index (χ3v) is 4.07. The Hall–Kier alpha value is -2.47. The van der Waals surface area contributed by atoms with Crippen LogP contribution in [-0.4, -0.2) is 27.2 Å². The molecule has 6 nitrogen and oxygen atoms in total. The van der Waals surface area contributed by atoms with Crippen molar-refractivity contribution in [3.63, 3.8) is 0 Å². The highest BCUT2D eigenvalue weighted by Crippen LogP contribution is 2.31. The van der Waals surface area contributed by atoms with Crippen LogP contribution in [0.1, 0.15) is 43.8 Å². The second-order valence-electron chi connectivity index (χ2n) is 7.09. The van der Waals surface area contributed by atoms with E-state index < -0.39 is 12.1 Å². The maximum atomic E-state index is 12.2. The van der Waals surface area contributed by atoms with Gasteiger partial charge in [0.05, 0.1) is 30.2 Å². The summed E-state index contributed by atoms with van der Waals surface area (Å²) in [4.78, 5) is 20.8. The van der Waals surface area contributed by atoms with Crippen molar-refractivity contribution in [2.24, 2.45) is 0 Å². The highest BCUT2D eigenvalue weighted by molar-refractivity contribution is 5.89. The molecule has 1 aliphatic carbocycles. The Bertz CT molecular complexity index is 737. The number of rotatable bonds is 2. The van der Waals surface area contributed by atoms with Crippen LogP contribution < -0.4 is 10.6 Å². The number of nitrogens with zero attached hydrogens (tertiary/aromatic N) is 2. The minimum absolute atomic E-state index is 0.140. The van der Waals surface area contributed by atoms with Crippen molar-refractivity contribution in [2.75, 3.05) is 5.32 Å². The van der Waals surface area contributed by atoms with Gasteiger partial charge in [-0.2, -0.15) is 0 Å². The zero-order chi connectivity index (χ0) is 17.3. The van der Waals surface area contributed by atoms with Gasteiger partial charge < -0.3 is 15.7 Å². The third kappa shape index (κ3) is 3.38. The lowest BCUT2D eigenvalue weighted by Gasteiger charge is -2.19. The zero-order valence-corrected chi connectivity index (χ0v) is 14.1. The Morgan fingerprint density at radius 3 is 2.54 bits per heavy atom. The number of amides is 2. The Balaban J connectivity index is 1.66. The van der Waals surface area contributed by atoms with E-state index in [0.717, 1.165) is 11.1 Å². The fourth-order valence-electron chi connectivity index (χ4n) is 2.84. The molecule has 24 heavy (non-hydrogen) atoms. The minimum atomic E-state index is -0.618. The van der Waals surface area contributed by atoms with Gasteiger partial charge in [0.1, 0.15) is 5.82 Å². The van der Waals surface area contributed by atoms with E-state index in [1.54, 1.807) is 12.4 Å². The number of urea groups is 1. The van der Waals surface area contributed by atoms with Crippen LogP contribution in [0.2, 0.25) is 0 Å². The van der Waals surface area contributed by atoms with E-state index in [1.165, 1.54) is 0 Å². The Kier molecular flexibility index (Phi) is 4.24. The minimum Gasteiger partial charge on any atom is -0.390 e. The molecule has 2 amide bonds. The van der Waals surface area contributed by atoms with Gasteiger partial charge in [0.15, 0.2) is 0 Å². The average Bonchev–Trinajstić information content (AvgIpc) is 2.83. The molecule has 1 aliphatic rings. The van der Waals surface area contributed by atoms with E-state index in [1.807, 2.05) is 45.0 Å². The van der Waals surface area contributed by atoms with Gasteiger partial charge in [-0.05, 0) is 11.1 Å². The van der Waals surface area contributed by atoms with E-state index in [-0.39, 0.29) is 11.4 Å². The lowest BCUT2D eigenvalue weighted by molar-refractivity contribution is 0.144. The quantitative estimate of drug-likeness (QED) is 0.791. The van der Waals surface area contributed by atoms with Crippen molar-refractivity contribution in [1.82, 2.24) is 15.3 Å². The summed E-state index contributed by atoms with van der Waals surface area (Å²) in [7, 11) is 0. The highest BCUT2D eigenvalue weighted by atomic mass is 16.3. The van der Waals surface area contributed by atoms with Gasteiger partial charge >= 0.3 is 6.03 Å². The van der Waals surface area contributed by atoms with Gasteiger partial charge in [-0.15, -0.1) is 0 Å². The summed E-state index contributed by atoms with van der Waals surface area (Å²) in [5.74, 6) is 0.716. The summed E-state index contributed by atoms with van der Waals surface area (Å²) in [5.41, 5.74) is 2.40. The molecule has 1 heterocycles. The van der Waals surface area contributed by atoms with E-state index in [9.17, 15) is 9.90 Å². The van der Waals surface area contributed by atoms with Crippen molar-refractivity contribution in [3.8, 4) is 0 Å². The van der Waals surface area contributed by atoms with Crippen molar-refractivity contribution < 1.29 is 9.90 Å². The summed E-state index contributed by atoms with van der Waals surface area (Å²) in [6, 6.07) is 6.94. The third-order valence-electron chi connectivity index (χ3n) is 4.07. The van der Waals surface area contributed by atoms with Crippen molar-refractivity contribution in [3.05, 3.63) is 53.6 Å². The second kappa shape index (κ2) is 6.20. The number of carbonyl (C=O) groups is 1. The molecule has 0 saturated carbocycles. The number of hydrogen-bond donors (Lipinski definition) is 3. The molecule has 3 N–H and O–H groups in total. The van der Waals surface area contributed by atoms with Gasteiger partial charge in [-0.1, -0.05) is 45.0 Å². The van der Waals surface area contributed by atoms with Crippen LogP contribution in [0.3, 0.4) is 0 Å². The number of hydrogen-bond acceptors (Lipinski definition) is 4. The predicted molar refractivity (Wildman–Crippen MR) is 91.8 cm³/mol. The van der Waals surface area contributed by atoms with Crippen LogP contribution >= 0.6 is 0 Å². The maximum Gasteiger partial charge on any atom is 0.319 e. The number of carbonyl (C=O) groups excluding carboxylic acids is 1. The molecule has 2 aromatic rings. The number of aliphatic hydroxyl groups is 1. The molecule has 0 aliphatic heterocycles. The molecule has 0 fully saturated rings. The number of anilines is 1. The molecule has 0 unspecified atom stereocenters. The monoisotopic (exact) mass is 326 g/mol. The standard InChI is InChI=1S/C18H22N4O2/c1-18(2,3)16-19-9-12(10-20-16)21-17(24)22-15-13-7-5-4-6-11(13)8-14(15)23/h4-7,9-10,14-15,23H,8H2,1-3H3,(H2,21,22,24)/t14-,15+/m0/s1. The SMILES string of the molecule is CC(C)(C)c1ncc(NC(=O)N[C@@H]2c3ccccc3C[C@@H]2O)cn1. The molecule has 6 heteroatoms. The Labute approximate surface area is 141 Å². The highest BCUT2D eigenvalue weighted by Gasteiger charge is 2.31. The van der Waals surface area contributed by atoms with Crippen LogP contribution in [0.4, 0.5) is 10.5 Å². The summed E-state index contributed by atoms with van der Waals surface area (Å²) >= 11 is 0. The van der Waals surface area contributed by atoms with Crippen LogP contribution in [0, 0.1) is 0 Å². The van der Waals surface area contributed by atoms with Crippen molar-refractivity contribution in [1.29, 1.82) is 0 Å². The molecule has 0 radical (unpaired) electrons. The molecule has 0 saturated heterocycles. The summed E-state index contributed by atoms with van der Waals surface area (Å²) in [5, 5.41) is 15.7. The normalized spacial score (nSPS) is 19.7. The van der Waals surface area contributed by atoms with Crippen molar-refractivity contribution in [2.45, 2.75) is 44.8 Å². The van der Waals surface area contributed by atoms with Crippen LogP contribution in [0.15, 0.2) is 36.7 Å². The van der Waals surface area contributed by atoms with Gasteiger partial charge in [0.25, 0.3) is 0 Å². The average molecular weight is 326 g/mol. The van der Waals surface area contributed by atoms with E-state index in [2.05, 4.69) is 20.6 Å². The molecule has 0 spiro atoms. The summed E-state index contributed by atoms with van der Waals surface area (Å²) < 4.78 is 0. The van der Waals surface area contributed by atoms with Gasteiger partial charge in [0, 0.05) is 11.8 Å². The number of aliphatic hydroxyl groups excluding tert-OH is 1. The lowest BCUT2D eigenvalue weighted by Crippen LogP contribution is -2.36. The molecule has 2 atom stereocenters. The first-order valence-electron chi connectivity index (χ1n) is 8.00. The fraction of sp³-hybridized carbons (Fsp3) is 0.389. The lowest BCUT2D eigenvalue weighted by atomic mass is 9.96. The maximum absolute atomic E-state index is 12.2. The molecular formula is C18H22N4O2. The summed E-state index contributed by atoms with van der Waals surface area (Å²) in [6.45, 7) is 6.09. The fourth-order valence-corrected chi connectivity index (χ4v) is 2.84. The number of benzene rings is 1. The van der Waals surface area contributed by atoms with Crippen LogP contribution in [-0.2, 0) is 11.8 Å². The molecule has 1 aromatic carbocycles. The molecule has 126 valence electrons. The van der Waals surface area contributed by atoms with E-state index >= 15 is 0 Å². The molecule has 1 aromatic heterocycles. The van der Waals surface area contributed by atoms with Crippen LogP contribution in [0.25, 0.3) is 0 Å². The zero-order valence-electron chi connectivity index (χ0n) is 14.1.